The quantitative estimate of drug-likeness (QED) is 0.525. The Balaban J connectivity index is 0.00000105. The van der Waals surface area contributed by atoms with E-state index in [9.17, 15) is 4.39 Å². The first-order chi connectivity index (χ1) is 12.4. The van der Waals surface area contributed by atoms with E-state index in [-0.39, 0.29) is 17.3 Å². The van der Waals surface area contributed by atoms with Gasteiger partial charge in [-0.25, -0.2) is 4.39 Å². The second-order valence-corrected chi connectivity index (χ2v) is 6.33. The molecule has 0 saturated carbocycles. The number of aliphatic imine (C=N–C) groups is 1. The minimum absolute atomic E-state index is 0.157. The minimum Gasteiger partial charge on any atom is -0.491 e. The molecule has 0 heterocycles. The van der Waals surface area contributed by atoms with Gasteiger partial charge in [0.25, 0.3) is 0 Å². The predicted octanol–water partition coefficient (Wildman–Crippen LogP) is 5.42. The lowest BCUT2D eigenvalue weighted by molar-refractivity contribution is 0.321. The molecule has 6 heteroatoms. The van der Waals surface area contributed by atoms with E-state index in [1.165, 1.54) is 12.5 Å². The lowest BCUT2D eigenvalue weighted by atomic mass is 10.0. The van der Waals surface area contributed by atoms with Gasteiger partial charge in [-0.15, -0.1) is 0 Å². The summed E-state index contributed by atoms with van der Waals surface area (Å²) in [5.41, 5.74) is 7.33. The summed E-state index contributed by atoms with van der Waals surface area (Å²) in [5.74, 6) is -0.261. The number of thiocarbonyl (C=S) groups is 1. The molecule has 0 aliphatic heterocycles. The van der Waals surface area contributed by atoms with Crippen LogP contribution in [0.1, 0.15) is 38.3 Å². The van der Waals surface area contributed by atoms with E-state index in [0.29, 0.717) is 28.5 Å². The smallest absolute Gasteiger partial charge is 0.165 e. The number of rotatable bonds is 6. The van der Waals surface area contributed by atoms with Crippen molar-refractivity contribution in [2.75, 3.05) is 13.2 Å². The number of halogens is 2. The second kappa shape index (κ2) is 11.6. The Morgan fingerprint density at radius 1 is 1.19 bits per heavy atom. The predicted molar refractivity (Wildman–Crippen MR) is 112 cm³/mol. The van der Waals surface area contributed by atoms with E-state index in [4.69, 9.17) is 34.3 Å². The van der Waals surface area contributed by atoms with Gasteiger partial charge in [0.15, 0.2) is 11.6 Å². The van der Waals surface area contributed by atoms with Crippen molar-refractivity contribution in [1.29, 1.82) is 0 Å². The van der Waals surface area contributed by atoms with Gasteiger partial charge >= 0.3 is 0 Å². The van der Waals surface area contributed by atoms with Crippen molar-refractivity contribution in [3.8, 4) is 5.75 Å². The molecule has 0 amide bonds. The van der Waals surface area contributed by atoms with E-state index in [1.54, 1.807) is 25.1 Å². The molecule has 0 bridgehead atoms. The largest absolute Gasteiger partial charge is 0.491 e. The third-order valence-corrected chi connectivity index (χ3v) is 3.49. The van der Waals surface area contributed by atoms with Crippen molar-refractivity contribution < 1.29 is 9.13 Å². The van der Waals surface area contributed by atoms with E-state index in [1.807, 2.05) is 18.2 Å². The van der Waals surface area contributed by atoms with Crippen LogP contribution in [0.25, 0.3) is 0 Å². The first kappa shape index (κ1) is 22.1. The molecule has 140 valence electrons. The maximum atomic E-state index is 14.1. The van der Waals surface area contributed by atoms with Gasteiger partial charge < -0.3 is 10.5 Å². The van der Waals surface area contributed by atoms with Crippen LogP contribution in [0, 0.1) is 5.82 Å². The van der Waals surface area contributed by atoms with Crippen LogP contribution in [0.4, 0.5) is 4.39 Å². The number of nitrogens with zero attached hydrogens (tertiary/aromatic N) is 1. The Morgan fingerprint density at radius 2 is 1.85 bits per heavy atom. The van der Waals surface area contributed by atoms with Gasteiger partial charge in [0.2, 0.25) is 0 Å². The highest BCUT2D eigenvalue weighted by Crippen LogP contribution is 2.24. The topological polar surface area (TPSA) is 47.6 Å². The van der Waals surface area contributed by atoms with Gasteiger partial charge in [0.1, 0.15) is 0 Å². The first-order valence-corrected chi connectivity index (χ1v) is 9.23. The molecular weight excluding hydrogens is 371 g/mol. The normalized spacial score (nSPS) is 10.7. The molecule has 0 spiro atoms. The molecule has 2 aromatic rings. The molecule has 0 aliphatic rings. The number of nitrogens with two attached hydrogens (primary N) is 1. The first-order valence-electron chi connectivity index (χ1n) is 8.44. The lowest BCUT2D eigenvalue weighted by Crippen LogP contribution is -2.15. The fourth-order valence-electron chi connectivity index (χ4n) is 2.06. The van der Waals surface area contributed by atoms with Gasteiger partial charge in [-0.05, 0) is 31.2 Å². The zero-order valence-corrected chi connectivity index (χ0v) is 16.8. The third kappa shape index (κ3) is 6.73. The Kier molecular flexibility index (Phi) is 9.84. The molecule has 0 aliphatic carbocycles. The van der Waals surface area contributed by atoms with Crippen LogP contribution in [0.3, 0.4) is 0 Å². The standard InChI is InChI=1S/C17H16ClFN2OS.C3H8/c1-2-22-15-8-7-11(9-14(15)19)17(21-10-16(20)23)12-5-3-4-6-13(12)18;1-3-2/h3-9H,2,10H2,1H3,(H2,20,23);3H2,1-2H3. The van der Waals surface area contributed by atoms with Crippen molar-refractivity contribution in [3.63, 3.8) is 0 Å². The minimum atomic E-state index is -0.459. The number of hydrogen-bond donors (Lipinski definition) is 1. The monoisotopic (exact) mass is 394 g/mol. The fraction of sp³-hybridized carbons (Fsp3) is 0.300. The highest BCUT2D eigenvalue weighted by atomic mass is 35.5. The molecule has 2 rings (SSSR count). The van der Waals surface area contributed by atoms with E-state index in [0.717, 1.165) is 0 Å². The van der Waals surface area contributed by atoms with Gasteiger partial charge in [0, 0.05) is 16.1 Å². The SMILES string of the molecule is CCC.CCOc1ccc(C(=NCC(N)=S)c2ccccc2Cl)cc1F. The van der Waals surface area contributed by atoms with Crippen molar-refractivity contribution in [2.45, 2.75) is 27.2 Å². The second-order valence-electron chi connectivity index (χ2n) is 5.40. The van der Waals surface area contributed by atoms with Gasteiger partial charge in [-0.1, -0.05) is 62.3 Å². The molecule has 0 atom stereocenters. The van der Waals surface area contributed by atoms with Crippen molar-refractivity contribution in [2.24, 2.45) is 10.7 Å². The Morgan fingerprint density at radius 3 is 2.38 bits per heavy atom. The van der Waals surface area contributed by atoms with Crippen molar-refractivity contribution in [1.82, 2.24) is 0 Å². The summed E-state index contributed by atoms with van der Waals surface area (Å²) >= 11 is 11.1. The van der Waals surface area contributed by atoms with Crippen LogP contribution in [-0.4, -0.2) is 23.9 Å². The summed E-state index contributed by atoms with van der Waals surface area (Å²) in [6, 6.07) is 11.9. The molecular formula is C20H24ClFN2OS. The molecule has 0 aromatic heterocycles. The van der Waals surface area contributed by atoms with Gasteiger partial charge in [-0.3, -0.25) is 4.99 Å². The lowest BCUT2D eigenvalue weighted by Gasteiger charge is -2.11. The highest BCUT2D eigenvalue weighted by molar-refractivity contribution is 7.80. The van der Waals surface area contributed by atoms with E-state index in [2.05, 4.69) is 18.8 Å². The summed E-state index contributed by atoms with van der Waals surface area (Å²) in [4.78, 5) is 4.65. The molecule has 0 saturated heterocycles. The highest BCUT2D eigenvalue weighted by Gasteiger charge is 2.13. The zero-order chi connectivity index (χ0) is 19.5. The van der Waals surface area contributed by atoms with Crippen LogP contribution < -0.4 is 10.5 Å². The van der Waals surface area contributed by atoms with Crippen LogP contribution in [0.2, 0.25) is 5.02 Å². The van der Waals surface area contributed by atoms with Crippen LogP contribution in [0.5, 0.6) is 5.75 Å². The van der Waals surface area contributed by atoms with Crippen LogP contribution in [0.15, 0.2) is 47.5 Å². The van der Waals surface area contributed by atoms with Gasteiger partial charge in [-0.2, -0.15) is 0 Å². The Bertz CT molecular complexity index is 765. The van der Waals surface area contributed by atoms with E-state index >= 15 is 0 Å². The average Bonchev–Trinajstić information content (AvgIpc) is 2.59. The maximum absolute atomic E-state index is 14.1. The molecule has 0 unspecified atom stereocenters. The number of hydrogen-bond acceptors (Lipinski definition) is 3. The van der Waals surface area contributed by atoms with Gasteiger partial charge in [0.05, 0.1) is 23.9 Å². The number of benzene rings is 2. The molecule has 0 fully saturated rings. The zero-order valence-electron chi connectivity index (χ0n) is 15.3. The van der Waals surface area contributed by atoms with E-state index < -0.39 is 5.82 Å². The van der Waals surface area contributed by atoms with Crippen LogP contribution in [-0.2, 0) is 0 Å². The molecule has 3 nitrogen and oxygen atoms in total. The average molecular weight is 395 g/mol. The summed E-state index contributed by atoms with van der Waals surface area (Å²) in [6.07, 6.45) is 1.25. The maximum Gasteiger partial charge on any atom is 0.165 e. The molecule has 2 N–H and O–H groups in total. The van der Waals surface area contributed by atoms with Crippen LogP contribution >= 0.6 is 23.8 Å². The number of ether oxygens (including phenoxy) is 1. The summed E-state index contributed by atoms with van der Waals surface area (Å²) in [5, 5.41) is 0.517. The fourth-order valence-corrected chi connectivity index (χ4v) is 2.35. The third-order valence-electron chi connectivity index (χ3n) is 3.03. The Labute approximate surface area is 165 Å². The summed E-state index contributed by atoms with van der Waals surface area (Å²) < 4.78 is 19.4. The summed E-state index contributed by atoms with van der Waals surface area (Å²) in [7, 11) is 0. The Hall–Kier alpha value is -1.98. The summed E-state index contributed by atoms with van der Waals surface area (Å²) in [6.45, 7) is 6.60. The van der Waals surface area contributed by atoms with Crippen molar-refractivity contribution in [3.05, 3.63) is 64.4 Å². The molecule has 0 radical (unpaired) electrons. The van der Waals surface area contributed by atoms with Crippen molar-refractivity contribution >= 4 is 34.5 Å². The molecule has 2 aromatic carbocycles. The molecule has 26 heavy (non-hydrogen) atoms.